The normalized spacial score (nSPS) is 10.9. The van der Waals surface area contributed by atoms with Gasteiger partial charge in [0.05, 0.1) is 33.0 Å². The first-order chi connectivity index (χ1) is 13.9. The van der Waals surface area contributed by atoms with Crippen molar-refractivity contribution in [2.45, 2.75) is 0 Å². The average Bonchev–Trinajstić information content (AvgIpc) is 3.01. The summed E-state index contributed by atoms with van der Waals surface area (Å²) in [5, 5.41) is 6.97. The van der Waals surface area contributed by atoms with Gasteiger partial charge in [-0.3, -0.25) is 4.79 Å². The summed E-state index contributed by atoms with van der Waals surface area (Å²) in [6.45, 7) is 0. The van der Waals surface area contributed by atoms with Crippen LogP contribution in [-0.4, -0.2) is 28.3 Å². The van der Waals surface area contributed by atoms with Gasteiger partial charge >= 0.3 is 0 Å². The Bertz CT molecular complexity index is 1200. The second-order valence-electron chi connectivity index (χ2n) is 6.59. The van der Waals surface area contributed by atoms with Crippen molar-refractivity contribution in [1.29, 1.82) is 0 Å². The number of benzene rings is 2. The minimum Gasteiger partial charge on any atom is -0.323 e. The zero-order valence-corrected chi connectivity index (χ0v) is 17.2. The zero-order chi connectivity index (χ0) is 20.5. The summed E-state index contributed by atoms with van der Waals surface area (Å²) in [6.07, 6.45) is 1.62. The molecule has 0 bridgehead atoms. The standard InChI is InChI=1S/C20H16BCl2N5O/c1-28-17-10-24-16(19(29)25-12-7-5-11(21)6-8-12)9-15(17)26-20(28)27-18-13(22)3-2-4-14(18)23/h2-10H,21H2,1H3,(H,25,29)(H,26,27). The highest BCUT2D eigenvalue weighted by atomic mass is 35.5. The van der Waals surface area contributed by atoms with Crippen molar-refractivity contribution in [3.05, 3.63) is 70.5 Å². The highest BCUT2D eigenvalue weighted by molar-refractivity contribution is 6.39. The van der Waals surface area contributed by atoms with E-state index in [1.807, 2.05) is 43.7 Å². The van der Waals surface area contributed by atoms with E-state index in [4.69, 9.17) is 23.2 Å². The summed E-state index contributed by atoms with van der Waals surface area (Å²) in [7, 11) is 3.83. The van der Waals surface area contributed by atoms with Gasteiger partial charge in [0, 0.05) is 12.7 Å². The predicted octanol–water partition coefficient (Wildman–Crippen LogP) is 3.53. The number of carbonyl (C=O) groups excluding carboxylic acids is 1. The van der Waals surface area contributed by atoms with E-state index in [1.54, 1.807) is 30.5 Å². The number of anilines is 3. The lowest BCUT2D eigenvalue weighted by Gasteiger charge is -2.09. The van der Waals surface area contributed by atoms with Crippen molar-refractivity contribution in [3.63, 3.8) is 0 Å². The number of hydrogen-bond acceptors (Lipinski definition) is 4. The smallest absolute Gasteiger partial charge is 0.274 e. The van der Waals surface area contributed by atoms with E-state index in [9.17, 15) is 4.79 Å². The van der Waals surface area contributed by atoms with E-state index in [1.165, 1.54) is 0 Å². The molecule has 0 aliphatic rings. The summed E-state index contributed by atoms with van der Waals surface area (Å²) in [4.78, 5) is 21.4. The van der Waals surface area contributed by atoms with Gasteiger partial charge in [-0.1, -0.05) is 46.9 Å². The average molecular weight is 424 g/mol. The van der Waals surface area contributed by atoms with Gasteiger partial charge in [-0.05, 0) is 30.3 Å². The molecule has 0 fully saturated rings. The van der Waals surface area contributed by atoms with Gasteiger partial charge in [-0.25, -0.2) is 9.97 Å². The molecule has 29 heavy (non-hydrogen) atoms. The van der Waals surface area contributed by atoms with E-state index in [0.717, 1.165) is 11.0 Å². The molecular formula is C20H16BCl2N5O. The third kappa shape index (κ3) is 3.92. The molecule has 0 saturated carbocycles. The number of aromatic nitrogens is 3. The summed E-state index contributed by atoms with van der Waals surface area (Å²) in [6, 6.07) is 14.5. The second-order valence-corrected chi connectivity index (χ2v) is 7.41. The number of nitrogens with zero attached hydrogens (tertiary/aromatic N) is 3. The van der Waals surface area contributed by atoms with Crippen LogP contribution in [0, 0.1) is 0 Å². The minimum absolute atomic E-state index is 0.276. The predicted molar refractivity (Wildman–Crippen MR) is 121 cm³/mol. The SMILES string of the molecule is Bc1ccc(NC(=O)c2cc3nc(Nc4c(Cl)cccc4Cl)n(C)c3cn2)cc1. The lowest BCUT2D eigenvalue weighted by Crippen LogP contribution is -2.14. The van der Waals surface area contributed by atoms with Crippen molar-refractivity contribution >= 4 is 70.8 Å². The first-order valence-electron chi connectivity index (χ1n) is 8.84. The Kier molecular flexibility index (Phi) is 5.17. The Morgan fingerprint density at radius 2 is 1.79 bits per heavy atom. The maximum absolute atomic E-state index is 12.6. The van der Waals surface area contributed by atoms with Gasteiger partial charge in [0.1, 0.15) is 13.5 Å². The van der Waals surface area contributed by atoms with Crippen molar-refractivity contribution in [1.82, 2.24) is 14.5 Å². The molecule has 0 radical (unpaired) electrons. The van der Waals surface area contributed by atoms with Crippen LogP contribution in [-0.2, 0) is 7.05 Å². The Hall–Kier alpha value is -3.03. The van der Waals surface area contributed by atoms with Gasteiger partial charge in [0.15, 0.2) is 0 Å². The molecule has 0 spiro atoms. The monoisotopic (exact) mass is 423 g/mol. The van der Waals surface area contributed by atoms with E-state index >= 15 is 0 Å². The first kappa shape index (κ1) is 19.3. The fraction of sp³-hybridized carbons (Fsp3) is 0.0500. The third-order valence-corrected chi connectivity index (χ3v) is 5.14. The number of para-hydroxylation sites is 1. The van der Waals surface area contributed by atoms with Crippen LogP contribution in [0.5, 0.6) is 0 Å². The number of aryl methyl sites for hydroxylation is 1. The number of amides is 1. The number of carbonyl (C=O) groups is 1. The molecule has 4 rings (SSSR count). The fourth-order valence-electron chi connectivity index (χ4n) is 2.89. The van der Waals surface area contributed by atoms with E-state index in [0.29, 0.717) is 32.9 Å². The summed E-state index contributed by atoms with van der Waals surface area (Å²) in [5.41, 5.74) is 4.07. The molecule has 2 heterocycles. The number of hydrogen-bond donors (Lipinski definition) is 2. The molecule has 0 aliphatic carbocycles. The Morgan fingerprint density at radius 1 is 1.10 bits per heavy atom. The highest BCUT2D eigenvalue weighted by Gasteiger charge is 2.15. The van der Waals surface area contributed by atoms with Crippen molar-refractivity contribution < 1.29 is 4.79 Å². The number of pyridine rings is 1. The Morgan fingerprint density at radius 3 is 2.48 bits per heavy atom. The molecule has 2 N–H and O–H groups in total. The van der Waals surface area contributed by atoms with E-state index in [2.05, 4.69) is 20.6 Å². The molecule has 0 aliphatic heterocycles. The van der Waals surface area contributed by atoms with Crippen LogP contribution < -0.4 is 16.1 Å². The molecule has 2 aromatic heterocycles. The van der Waals surface area contributed by atoms with Gasteiger partial charge in [-0.15, -0.1) is 0 Å². The molecule has 2 aromatic carbocycles. The summed E-state index contributed by atoms with van der Waals surface area (Å²) < 4.78 is 1.82. The lowest BCUT2D eigenvalue weighted by molar-refractivity contribution is 0.102. The molecule has 0 saturated heterocycles. The second kappa shape index (κ2) is 7.77. The molecule has 144 valence electrons. The highest BCUT2D eigenvalue weighted by Crippen LogP contribution is 2.33. The van der Waals surface area contributed by atoms with E-state index in [-0.39, 0.29) is 11.6 Å². The first-order valence-corrected chi connectivity index (χ1v) is 9.59. The number of nitrogens with one attached hydrogen (secondary N) is 2. The molecular weight excluding hydrogens is 408 g/mol. The summed E-state index contributed by atoms with van der Waals surface area (Å²) >= 11 is 12.5. The van der Waals surface area contributed by atoms with Gasteiger partial charge in [0.25, 0.3) is 5.91 Å². The zero-order valence-electron chi connectivity index (χ0n) is 15.7. The van der Waals surface area contributed by atoms with Gasteiger partial charge in [0.2, 0.25) is 5.95 Å². The largest absolute Gasteiger partial charge is 0.323 e. The minimum atomic E-state index is -0.301. The van der Waals surface area contributed by atoms with E-state index < -0.39 is 0 Å². The van der Waals surface area contributed by atoms with Crippen molar-refractivity contribution in [2.24, 2.45) is 7.05 Å². The molecule has 0 atom stereocenters. The molecule has 0 unspecified atom stereocenters. The number of halogens is 2. The van der Waals surface area contributed by atoms with Crippen LogP contribution in [0.25, 0.3) is 11.0 Å². The fourth-order valence-corrected chi connectivity index (χ4v) is 3.38. The van der Waals surface area contributed by atoms with Crippen LogP contribution in [0.2, 0.25) is 10.0 Å². The van der Waals surface area contributed by atoms with Crippen LogP contribution in [0.4, 0.5) is 17.3 Å². The topological polar surface area (TPSA) is 71.8 Å². The van der Waals surface area contributed by atoms with Crippen LogP contribution in [0.15, 0.2) is 54.7 Å². The van der Waals surface area contributed by atoms with Crippen molar-refractivity contribution in [3.8, 4) is 0 Å². The van der Waals surface area contributed by atoms with Crippen molar-refractivity contribution in [2.75, 3.05) is 10.6 Å². The number of rotatable bonds is 4. The quantitative estimate of drug-likeness (QED) is 0.492. The maximum atomic E-state index is 12.6. The van der Waals surface area contributed by atoms with Crippen LogP contribution >= 0.6 is 23.2 Å². The van der Waals surface area contributed by atoms with Gasteiger partial charge in [-0.2, -0.15) is 0 Å². The summed E-state index contributed by atoms with van der Waals surface area (Å²) in [5.74, 6) is 0.234. The van der Waals surface area contributed by atoms with Crippen LogP contribution in [0.3, 0.4) is 0 Å². The lowest BCUT2D eigenvalue weighted by atomic mass is 9.96. The number of fused-ring (bicyclic) bond motifs is 1. The Labute approximate surface area is 178 Å². The maximum Gasteiger partial charge on any atom is 0.274 e. The molecule has 9 heteroatoms. The van der Waals surface area contributed by atoms with Gasteiger partial charge < -0.3 is 15.2 Å². The third-order valence-electron chi connectivity index (χ3n) is 4.51. The molecule has 6 nitrogen and oxygen atoms in total. The Balaban J connectivity index is 1.63. The molecule has 4 aromatic rings. The number of imidazole rings is 1. The molecule has 1 amide bonds. The van der Waals surface area contributed by atoms with Crippen LogP contribution in [0.1, 0.15) is 10.5 Å².